The van der Waals surface area contributed by atoms with Crippen LogP contribution in [0.4, 0.5) is 5.95 Å². The summed E-state index contributed by atoms with van der Waals surface area (Å²) < 4.78 is 1.74. The molecule has 0 spiro atoms. The number of fused-ring (bicyclic) bond motifs is 3. The first kappa shape index (κ1) is 17.4. The van der Waals surface area contributed by atoms with Crippen LogP contribution in [0.3, 0.4) is 0 Å². The molecule has 1 amide bonds. The zero-order chi connectivity index (χ0) is 20.2. The fraction of sp³-hybridized carbons (Fsp3) is 0.381. The Morgan fingerprint density at radius 3 is 2.83 bits per heavy atom. The molecule has 152 valence electrons. The average molecular weight is 402 g/mol. The first-order chi connectivity index (χ1) is 14.6. The second kappa shape index (κ2) is 6.51. The van der Waals surface area contributed by atoms with Gasteiger partial charge in [0.25, 0.3) is 0 Å². The average Bonchev–Trinajstić information content (AvgIpc) is 3.49. The molecule has 4 aromatic rings. The molecule has 4 aromatic heterocycles. The number of H-pyrrole nitrogens is 1. The summed E-state index contributed by atoms with van der Waals surface area (Å²) in [5, 5.41) is 8.64. The van der Waals surface area contributed by atoms with Gasteiger partial charge in [-0.15, -0.1) is 0 Å². The van der Waals surface area contributed by atoms with E-state index in [0.29, 0.717) is 23.8 Å². The first-order valence-electron chi connectivity index (χ1n) is 10.3. The second-order valence-corrected chi connectivity index (χ2v) is 8.36. The fourth-order valence-corrected chi connectivity index (χ4v) is 5.01. The van der Waals surface area contributed by atoms with Gasteiger partial charge in [-0.2, -0.15) is 10.1 Å². The van der Waals surface area contributed by atoms with E-state index in [1.807, 2.05) is 35.6 Å². The maximum Gasteiger partial charge on any atom is 0.224 e. The van der Waals surface area contributed by atoms with Gasteiger partial charge >= 0.3 is 0 Å². The molecule has 2 aliphatic rings. The van der Waals surface area contributed by atoms with Crippen LogP contribution >= 0.6 is 0 Å². The highest BCUT2D eigenvalue weighted by Gasteiger charge is 2.41. The van der Waals surface area contributed by atoms with Crippen LogP contribution in [0.1, 0.15) is 19.8 Å². The lowest BCUT2D eigenvalue weighted by atomic mass is 10.0. The Bertz CT molecular complexity index is 1250. The summed E-state index contributed by atoms with van der Waals surface area (Å²) in [5.74, 6) is 1.99. The van der Waals surface area contributed by atoms with Crippen molar-refractivity contribution < 1.29 is 4.79 Å². The van der Waals surface area contributed by atoms with Crippen LogP contribution in [0.2, 0.25) is 0 Å². The van der Waals surface area contributed by atoms with Gasteiger partial charge in [0.05, 0.1) is 11.9 Å². The van der Waals surface area contributed by atoms with Gasteiger partial charge in [-0.1, -0.05) is 0 Å². The highest BCUT2D eigenvalue weighted by molar-refractivity contribution is 5.92. The lowest BCUT2D eigenvalue weighted by Crippen LogP contribution is -2.29. The van der Waals surface area contributed by atoms with Gasteiger partial charge < -0.3 is 15.2 Å². The van der Waals surface area contributed by atoms with Gasteiger partial charge in [-0.05, 0) is 30.7 Å². The van der Waals surface area contributed by atoms with Crippen molar-refractivity contribution in [3.63, 3.8) is 0 Å². The van der Waals surface area contributed by atoms with Crippen LogP contribution in [-0.2, 0) is 4.79 Å². The quantitative estimate of drug-likeness (QED) is 0.545. The Labute approximate surface area is 172 Å². The third-order valence-corrected chi connectivity index (χ3v) is 6.50. The van der Waals surface area contributed by atoms with Crippen molar-refractivity contribution in [1.82, 2.24) is 34.4 Å². The minimum absolute atomic E-state index is 0.187. The molecular formula is C21H22N8O. The lowest BCUT2D eigenvalue weighted by molar-refractivity contribution is -0.128. The molecule has 0 radical (unpaired) electrons. The van der Waals surface area contributed by atoms with Gasteiger partial charge in [0.1, 0.15) is 5.65 Å². The molecule has 9 nitrogen and oxygen atoms in total. The minimum Gasteiger partial charge on any atom is -0.351 e. The van der Waals surface area contributed by atoms with E-state index in [9.17, 15) is 4.79 Å². The summed E-state index contributed by atoms with van der Waals surface area (Å²) in [6, 6.07) is 4.17. The topological polar surface area (TPSA) is 104 Å². The maximum atomic E-state index is 11.6. The fourth-order valence-electron chi connectivity index (χ4n) is 5.01. The van der Waals surface area contributed by atoms with Crippen molar-refractivity contribution in [3.05, 3.63) is 36.9 Å². The Balaban J connectivity index is 1.21. The molecule has 0 bridgehead atoms. The second-order valence-electron chi connectivity index (χ2n) is 8.36. The van der Waals surface area contributed by atoms with Gasteiger partial charge in [-0.25, -0.2) is 14.5 Å². The standard InChI is InChI=1S/C21H22N8O/c1-12(30)28-10-13-6-15(7-14(13)11-28)25-21-23-9-17-16(8-22-20(17)27-21)18-3-5-29-19(26-18)2-4-24-29/h2-5,8-9,13-15H,6-7,10-11H2,1H3,(H2,22,23,25,27)/t13-,14+,15+. The molecular weight excluding hydrogens is 380 g/mol. The molecule has 9 heteroatoms. The van der Waals surface area contributed by atoms with Crippen molar-refractivity contribution in [2.24, 2.45) is 11.8 Å². The van der Waals surface area contributed by atoms with E-state index in [2.05, 4.69) is 30.4 Å². The zero-order valence-electron chi connectivity index (χ0n) is 16.6. The van der Waals surface area contributed by atoms with Crippen LogP contribution in [0.15, 0.2) is 36.9 Å². The molecule has 1 saturated carbocycles. The number of nitrogens with one attached hydrogen (secondary N) is 2. The molecule has 0 aromatic carbocycles. The molecule has 1 aliphatic heterocycles. The summed E-state index contributed by atoms with van der Waals surface area (Å²) in [4.78, 5) is 30.8. The monoisotopic (exact) mass is 402 g/mol. The van der Waals surface area contributed by atoms with E-state index in [1.54, 1.807) is 17.6 Å². The van der Waals surface area contributed by atoms with E-state index in [-0.39, 0.29) is 5.91 Å². The van der Waals surface area contributed by atoms with E-state index in [4.69, 9.17) is 0 Å². The Hall–Kier alpha value is -3.49. The molecule has 30 heavy (non-hydrogen) atoms. The van der Waals surface area contributed by atoms with Gasteiger partial charge in [0.2, 0.25) is 11.9 Å². The van der Waals surface area contributed by atoms with Crippen LogP contribution in [0.25, 0.3) is 27.9 Å². The van der Waals surface area contributed by atoms with Crippen LogP contribution in [0, 0.1) is 11.8 Å². The van der Waals surface area contributed by atoms with Gasteiger partial charge in [0, 0.05) is 61.7 Å². The van der Waals surface area contributed by atoms with E-state index < -0.39 is 0 Å². The third-order valence-electron chi connectivity index (χ3n) is 6.50. The third kappa shape index (κ3) is 2.80. The Morgan fingerprint density at radius 2 is 2.03 bits per heavy atom. The predicted molar refractivity (Wildman–Crippen MR) is 112 cm³/mol. The number of aromatic nitrogens is 6. The van der Waals surface area contributed by atoms with Crippen LogP contribution in [-0.4, -0.2) is 59.5 Å². The molecule has 2 fully saturated rings. The Morgan fingerprint density at radius 1 is 1.20 bits per heavy atom. The lowest BCUT2D eigenvalue weighted by Gasteiger charge is -2.18. The summed E-state index contributed by atoms with van der Waals surface area (Å²) >= 11 is 0. The summed E-state index contributed by atoms with van der Waals surface area (Å²) in [7, 11) is 0. The number of nitrogens with zero attached hydrogens (tertiary/aromatic N) is 6. The normalized spacial score (nSPS) is 23.4. The molecule has 3 atom stereocenters. The SMILES string of the molecule is CC(=O)N1C[C@H]2C[C@H](Nc3ncc4c(-c5ccn6nccc6n5)c[nH]c4n3)C[C@H]2C1. The summed E-state index contributed by atoms with van der Waals surface area (Å²) in [5.41, 5.74) is 3.42. The summed E-state index contributed by atoms with van der Waals surface area (Å²) in [6.07, 6.45) is 9.53. The zero-order valence-corrected chi connectivity index (χ0v) is 16.6. The van der Waals surface area contributed by atoms with Crippen LogP contribution < -0.4 is 5.32 Å². The maximum absolute atomic E-state index is 11.6. The Kier molecular flexibility index (Phi) is 3.77. The summed E-state index contributed by atoms with van der Waals surface area (Å²) in [6.45, 7) is 3.42. The smallest absolute Gasteiger partial charge is 0.224 e. The van der Waals surface area contributed by atoms with E-state index in [0.717, 1.165) is 53.9 Å². The van der Waals surface area contributed by atoms with Gasteiger partial charge in [-0.3, -0.25) is 4.79 Å². The van der Waals surface area contributed by atoms with E-state index in [1.165, 1.54) is 0 Å². The molecule has 1 aliphatic carbocycles. The van der Waals surface area contributed by atoms with Crippen molar-refractivity contribution in [2.75, 3.05) is 18.4 Å². The van der Waals surface area contributed by atoms with Crippen molar-refractivity contribution in [1.29, 1.82) is 0 Å². The number of carbonyl (C=O) groups excluding carboxylic acids is 1. The molecule has 5 heterocycles. The number of carbonyl (C=O) groups is 1. The number of hydrogen-bond donors (Lipinski definition) is 2. The van der Waals surface area contributed by atoms with Gasteiger partial charge in [0.15, 0.2) is 5.65 Å². The number of anilines is 1. The van der Waals surface area contributed by atoms with Crippen molar-refractivity contribution in [2.45, 2.75) is 25.8 Å². The minimum atomic E-state index is 0.187. The van der Waals surface area contributed by atoms with E-state index >= 15 is 0 Å². The molecule has 1 saturated heterocycles. The van der Waals surface area contributed by atoms with Crippen LogP contribution in [0.5, 0.6) is 0 Å². The number of rotatable bonds is 3. The first-order valence-corrected chi connectivity index (χ1v) is 10.3. The molecule has 6 rings (SSSR count). The molecule has 0 unspecified atom stereocenters. The number of amides is 1. The van der Waals surface area contributed by atoms with Crippen molar-refractivity contribution in [3.8, 4) is 11.3 Å². The highest BCUT2D eigenvalue weighted by Crippen LogP contribution is 2.39. The largest absolute Gasteiger partial charge is 0.351 e. The number of likely N-dealkylation sites (tertiary alicyclic amines) is 1. The number of aromatic amines is 1. The highest BCUT2D eigenvalue weighted by atomic mass is 16.2. The number of hydrogen-bond acceptors (Lipinski definition) is 6. The van der Waals surface area contributed by atoms with Crippen molar-refractivity contribution >= 4 is 28.5 Å². The predicted octanol–water partition coefficient (Wildman–Crippen LogP) is 2.34. The molecule has 2 N–H and O–H groups in total.